The molecule has 0 unspecified atom stereocenters. The summed E-state index contributed by atoms with van der Waals surface area (Å²) >= 11 is 1.21. The summed E-state index contributed by atoms with van der Waals surface area (Å²) in [6.45, 7) is 0.874. The van der Waals surface area contributed by atoms with Crippen molar-refractivity contribution < 1.29 is 17.9 Å². The van der Waals surface area contributed by atoms with E-state index in [1.807, 2.05) is 4.57 Å². The van der Waals surface area contributed by atoms with Crippen molar-refractivity contribution in [3.05, 3.63) is 41.0 Å². The summed E-state index contributed by atoms with van der Waals surface area (Å²) in [5, 5.41) is 9.16. The smallest absolute Gasteiger partial charge is 0.297 e. The molecule has 138 valence electrons. The second-order valence-corrected chi connectivity index (χ2v) is 8.03. The van der Waals surface area contributed by atoms with Gasteiger partial charge in [0.2, 0.25) is 10.0 Å². The topological polar surface area (TPSA) is 122 Å². The number of carbonyl (C=O) groups is 1. The lowest BCUT2D eigenvalue weighted by atomic mass is 10.3. The molecule has 3 aromatic rings. The second kappa shape index (κ2) is 7.11. The third-order valence-electron chi connectivity index (χ3n) is 3.74. The van der Waals surface area contributed by atoms with Crippen LogP contribution in [-0.2, 0) is 28.4 Å². The number of aryl methyl sites for hydroxylation is 1. The number of ether oxygens (including phenoxy) is 1. The van der Waals surface area contributed by atoms with Gasteiger partial charge in [-0.05, 0) is 24.3 Å². The Labute approximate surface area is 153 Å². The van der Waals surface area contributed by atoms with E-state index in [1.54, 1.807) is 26.3 Å². The van der Waals surface area contributed by atoms with Crippen LogP contribution in [-0.4, -0.2) is 42.4 Å². The molecular formula is C15H17N5O4S2. The maximum absolute atomic E-state index is 12.4. The number of sulfonamides is 1. The van der Waals surface area contributed by atoms with Crippen LogP contribution in [0.5, 0.6) is 0 Å². The number of nitrogens with two attached hydrogens (primary N) is 1. The Morgan fingerprint density at radius 2 is 2.15 bits per heavy atom. The standard InChI is InChI=1S/C15H17N5O4S2/c1-19-12(5-6-17-19)14(21)18-15-20(7-8-24-2)11-4-3-10(26(16,22)23)9-13(11)25-15/h3-6,9H,7-8H2,1-2H3,(H2,16,22,23). The second-order valence-electron chi connectivity index (χ2n) is 5.46. The van der Waals surface area contributed by atoms with Gasteiger partial charge in [-0.3, -0.25) is 9.48 Å². The van der Waals surface area contributed by atoms with Gasteiger partial charge in [-0.15, -0.1) is 0 Å². The molecule has 0 aliphatic carbocycles. The number of hydrogen-bond donors (Lipinski definition) is 1. The Kier molecular flexibility index (Phi) is 5.05. The molecule has 0 atom stereocenters. The van der Waals surface area contributed by atoms with E-state index in [0.717, 1.165) is 5.52 Å². The first-order valence-electron chi connectivity index (χ1n) is 7.53. The third-order valence-corrected chi connectivity index (χ3v) is 5.69. The number of carbonyl (C=O) groups excluding carboxylic acids is 1. The number of aromatic nitrogens is 3. The quantitative estimate of drug-likeness (QED) is 0.673. The highest BCUT2D eigenvalue weighted by Crippen LogP contribution is 2.21. The summed E-state index contributed by atoms with van der Waals surface area (Å²) in [6, 6.07) is 6.14. The van der Waals surface area contributed by atoms with E-state index in [2.05, 4.69) is 10.1 Å². The summed E-state index contributed by atoms with van der Waals surface area (Å²) < 4.78 is 32.2. The lowest BCUT2D eigenvalue weighted by Gasteiger charge is -2.05. The fourth-order valence-corrected chi connectivity index (χ4v) is 4.15. The predicted molar refractivity (Wildman–Crippen MR) is 96.2 cm³/mol. The van der Waals surface area contributed by atoms with Crippen molar-refractivity contribution in [1.82, 2.24) is 14.3 Å². The largest absolute Gasteiger partial charge is 0.383 e. The van der Waals surface area contributed by atoms with E-state index in [0.29, 0.717) is 28.3 Å². The van der Waals surface area contributed by atoms with Gasteiger partial charge in [0, 0.05) is 26.9 Å². The Bertz CT molecular complexity index is 1140. The highest BCUT2D eigenvalue weighted by Gasteiger charge is 2.14. The molecule has 0 aliphatic rings. The fraction of sp³-hybridized carbons (Fsp3) is 0.267. The zero-order valence-electron chi connectivity index (χ0n) is 14.1. The molecule has 0 bridgehead atoms. The number of amides is 1. The van der Waals surface area contributed by atoms with E-state index in [4.69, 9.17) is 9.88 Å². The van der Waals surface area contributed by atoms with Crippen LogP contribution in [0.1, 0.15) is 10.5 Å². The fourth-order valence-electron chi connectivity index (χ4n) is 2.44. The molecule has 9 nitrogen and oxygen atoms in total. The molecule has 0 spiro atoms. The van der Waals surface area contributed by atoms with Crippen molar-refractivity contribution in [3.8, 4) is 0 Å². The molecule has 3 rings (SSSR count). The molecular weight excluding hydrogens is 378 g/mol. The van der Waals surface area contributed by atoms with Crippen LogP contribution in [0.15, 0.2) is 40.4 Å². The number of hydrogen-bond acceptors (Lipinski definition) is 6. The van der Waals surface area contributed by atoms with Crippen LogP contribution in [0, 0.1) is 0 Å². The molecule has 26 heavy (non-hydrogen) atoms. The van der Waals surface area contributed by atoms with Crippen LogP contribution in [0.25, 0.3) is 10.2 Å². The van der Waals surface area contributed by atoms with Gasteiger partial charge in [0.15, 0.2) is 4.80 Å². The average molecular weight is 395 g/mol. The zero-order chi connectivity index (χ0) is 18.9. The molecule has 0 aliphatic heterocycles. The Morgan fingerprint density at radius 1 is 1.38 bits per heavy atom. The highest BCUT2D eigenvalue weighted by atomic mass is 32.2. The molecule has 2 heterocycles. The molecule has 11 heteroatoms. The first-order chi connectivity index (χ1) is 12.3. The first-order valence-corrected chi connectivity index (χ1v) is 9.89. The van der Waals surface area contributed by atoms with Crippen LogP contribution >= 0.6 is 11.3 Å². The minimum Gasteiger partial charge on any atom is -0.383 e. The van der Waals surface area contributed by atoms with Crippen molar-refractivity contribution in [2.45, 2.75) is 11.4 Å². The first kappa shape index (κ1) is 18.5. The minimum absolute atomic E-state index is 0.00894. The Hall–Kier alpha value is -2.34. The van der Waals surface area contributed by atoms with Crippen LogP contribution in [0.3, 0.4) is 0 Å². The highest BCUT2D eigenvalue weighted by molar-refractivity contribution is 7.89. The summed E-state index contributed by atoms with van der Waals surface area (Å²) in [7, 11) is -0.582. The number of nitrogens with zero attached hydrogens (tertiary/aromatic N) is 4. The van der Waals surface area contributed by atoms with Gasteiger partial charge in [-0.2, -0.15) is 10.1 Å². The van der Waals surface area contributed by atoms with Gasteiger partial charge < -0.3 is 9.30 Å². The lowest BCUT2D eigenvalue weighted by molar-refractivity contribution is 0.0988. The average Bonchev–Trinajstić information content (AvgIpc) is 3.14. The number of methoxy groups -OCH3 is 1. The van der Waals surface area contributed by atoms with Gasteiger partial charge in [-0.1, -0.05) is 11.3 Å². The van der Waals surface area contributed by atoms with Crippen molar-refractivity contribution >= 4 is 37.5 Å². The molecule has 0 radical (unpaired) electrons. The number of fused-ring (bicyclic) bond motifs is 1. The Morgan fingerprint density at radius 3 is 2.77 bits per heavy atom. The molecule has 1 aromatic carbocycles. The minimum atomic E-state index is -3.82. The monoisotopic (exact) mass is 395 g/mol. The van der Waals surface area contributed by atoms with E-state index < -0.39 is 15.9 Å². The number of rotatable bonds is 5. The zero-order valence-corrected chi connectivity index (χ0v) is 15.7. The summed E-state index contributed by atoms with van der Waals surface area (Å²) in [5.41, 5.74) is 1.10. The van der Waals surface area contributed by atoms with E-state index in [9.17, 15) is 13.2 Å². The predicted octanol–water partition coefficient (Wildman–Crippen LogP) is 0.471. The van der Waals surface area contributed by atoms with Crippen molar-refractivity contribution in [3.63, 3.8) is 0 Å². The van der Waals surface area contributed by atoms with Crippen molar-refractivity contribution in [1.29, 1.82) is 0 Å². The Balaban J connectivity index is 2.18. The van der Waals surface area contributed by atoms with Crippen molar-refractivity contribution in [2.75, 3.05) is 13.7 Å². The maximum Gasteiger partial charge on any atom is 0.297 e. The number of benzene rings is 1. The van der Waals surface area contributed by atoms with Gasteiger partial charge in [0.05, 0.1) is 21.7 Å². The summed E-state index contributed by atoms with van der Waals surface area (Å²) in [5.74, 6) is -0.436. The number of primary sulfonamides is 1. The molecule has 2 aromatic heterocycles. The van der Waals surface area contributed by atoms with E-state index in [1.165, 1.54) is 34.3 Å². The van der Waals surface area contributed by atoms with Crippen LogP contribution in [0.2, 0.25) is 0 Å². The van der Waals surface area contributed by atoms with E-state index >= 15 is 0 Å². The molecule has 0 saturated heterocycles. The van der Waals surface area contributed by atoms with Gasteiger partial charge in [-0.25, -0.2) is 13.6 Å². The van der Waals surface area contributed by atoms with Crippen LogP contribution < -0.4 is 9.94 Å². The lowest BCUT2D eigenvalue weighted by Crippen LogP contribution is -2.20. The normalized spacial score (nSPS) is 12.8. The van der Waals surface area contributed by atoms with Gasteiger partial charge >= 0.3 is 0 Å². The van der Waals surface area contributed by atoms with Crippen molar-refractivity contribution in [2.24, 2.45) is 17.2 Å². The molecule has 0 saturated carbocycles. The van der Waals surface area contributed by atoms with Crippen LogP contribution in [0.4, 0.5) is 0 Å². The van der Waals surface area contributed by atoms with E-state index in [-0.39, 0.29) is 4.90 Å². The number of thiazole rings is 1. The molecule has 2 N–H and O–H groups in total. The van der Waals surface area contributed by atoms with Gasteiger partial charge in [0.1, 0.15) is 5.69 Å². The molecule has 1 amide bonds. The molecule has 0 fully saturated rings. The summed E-state index contributed by atoms with van der Waals surface area (Å²) in [4.78, 5) is 17.1. The summed E-state index contributed by atoms with van der Waals surface area (Å²) in [6.07, 6.45) is 1.52. The van der Waals surface area contributed by atoms with Gasteiger partial charge in [0.25, 0.3) is 5.91 Å². The SMILES string of the molecule is COCCn1c(=NC(=O)c2ccnn2C)sc2cc(S(N)(=O)=O)ccc21. The third kappa shape index (κ3) is 3.60. The maximum atomic E-state index is 12.4.